The van der Waals surface area contributed by atoms with E-state index in [0.717, 1.165) is 26.1 Å². The Balaban J connectivity index is 1.90. The molecule has 0 atom stereocenters. The van der Waals surface area contributed by atoms with E-state index < -0.39 is 5.97 Å². The number of aromatic nitrogens is 2. The molecule has 0 aromatic carbocycles. The number of nitrogens with zero attached hydrogens (tertiary/aromatic N) is 2. The molecule has 2 heterocycles. The van der Waals surface area contributed by atoms with Crippen LogP contribution in [-0.4, -0.2) is 42.9 Å². The van der Waals surface area contributed by atoms with E-state index in [9.17, 15) is 4.79 Å². The third-order valence-corrected chi connectivity index (χ3v) is 2.81. The van der Waals surface area contributed by atoms with Gasteiger partial charge in [0.05, 0.1) is 26.1 Å². The van der Waals surface area contributed by atoms with Crippen LogP contribution in [0.3, 0.4) is 0 Å². The van der Waals surface area contributed by atoms with Crippen LogP contribution in [0.25, 0.3) is 0 Å². The molecule has 1 saturated heterocycles. The average Bonchev–Trinajstić information content (AvgIpc) is 2.45. The molecule has 0 unspecified atom stereocenters. The minimum atomic E-state index is -0.515. The van der Waals surface area contributed by atoms with Crippen LogP contribution in [0.1, 0.15) is 23.3 Å². The number of rotatable bonds is 4. The lowest BCUT2D eigenvalue weighted by Gasteiger charge is -2.21. The van der Waals surface area contributed by atoms with Crippen molar-refractivity contribution in [1.82, 2.24) is 9.97 Å². The molecule has 18 heavy (non-hydrogen) atoms. The highest BCUT2D eigenvalue weighted by atomic mass is 16.5. The van der Waals surface area contributed by atoms with Crippen LogP contribution >= 0.6 is 0 Å². The zero-order valence-electron chi connectivity index (χ0n) is 10.3. The molecule has 6 nitrogen and oxygen atoms in total. The zero-order valence-corrected chi connectivity index (χ0v) is 10.3. The second-order valence-electron chi connectivity index (χ2n) is 4.10. The van der Waals surface area contributed by atoms with Gasteiger partial charge in [-0.15, -0.1) is 0 Å². The summed E-state index contributed by atoms with van der Waals surface area (Å²) in [5.74, 6) is 0.311. The number of ether oxygens (including phenoxy) is 3. The molecule has 1 aromatic rings. The molecule has 6 heteroatoms. The molecule has 0 saturated carbocycles. The van der Waals surface area contributed by atoms with E-state index in [1.807, 2.05) is 0 Å². The molecule has 1 fully saturated rings. The standard InChI is InChI=1S/C12H16N2O4/c1-16-12(15)10-6-13-7-11(14-10)18-8-9-2-4-17-5-3-9/h6-7,9H,2-5,8H2,1H3. The number of esters is 1. The Kier molecular flexibility index (Phi) is 4.46. The lowest BCUT2D eigenvalue weighted by atomic mass is 10.0. The van der Waals surface area contributed by atoms with Crippen molar-refractivity contribution in [1.29, 1.82) is 0 Å². The Morgan fingerprint density at radius 1 is 1.44 bits per heavy atom. The molecule has 1 aliphatic heterocycles. The van der Waals surface area contributed by atoms with E-state index in [1.54, 1.807) is 0 Å². The van der Waals surface area contributed by atoms with Crippen molar-refractivity contribution in [3.63, 3.8) is 0 Å². The molecule has 98 valence electrons. The molecule has 0 spiro atoms. The second kappa shape index (κ2) is 6.30. The van der Waals surface area contributed by atoms with Gasteiger partial charge in [-0.3, -0.25) is 4.98 Å². The van der Waals surface area contributed by atoms with Crippen LogP contribution in [0.15, 0.2) is 12.4 Å². The van der Waals surface area contributed by atoms with Crippen molar-refractivity contribution in [3.05, 3.63) is 18.1 Å². The Labute approximate surface area is 105 Å². The zero-order chi connectivity index (χ0) is 12.8. The molecule has 0 amide bonds. The fourth-order valence-electron chi connectivity index (χ4n) is 1.74. The number of carbonyl (C=O) groups excluding carboxylic acids is 1. The maximum atomic E-state index is 11.3. The van der Waals surface area contributed by atoms with Gasteiger partial charge in [0, 0.05) is 13.2 Å². The first-order valence-corrected chi connectivity index (χ1v) is 5.90. The molecular formula is C12H16N2O4. The number of carbonyl (C=O) groups is 1. The van der Waals surface area contributed by atoms with Crippen molar-refractivity contribution in [3.8, 4) is 5.88 Å². The summed E-state index contributed by atoms with van der Waals surface area (Å²) in [7, 11) is 1.31. The summed E-state index contributed by atoms with van der Waals surface area (Å²) in [6.45, 7) is 2.13. The Bertz CT molecular complexity index is 405. The van der Waals surface area contributed by atoms with E-state index in [1.165, 1.54) is 19.5 Å². The first-order valence-electron chi connectivity index (χ1n) is 5.90. The van der Waals surface area contributed by atoms with Crippen molar-refractivity contribution in [2.24, 2.45) is 5.92 Å². The Hall–Kier alpha value is -1.69. The number of hydrogen-bond acceptors (Lipinski definition) is 6. The minimum Gasteiger partial charge on any atom is -0.476 e. The van der Waals surface area contributed by atoms with Crippen LogP contribution in [0.5, 0.6) is 5.88 Å². The van der Waals surface area contributed by atoms with E-state index in [0.29, 0.717) is 18.4 Å². The average molecular weight is 252 g/mol. The summed E-state index contributed by atoms with van der Waals surface area (Å²) < 4.78 is 15.4. The minimum absolute atomic E-state index is 0.155. The van der Waals surface area contributed by atoms with Crippen molar-refractivity contribution < 1.29 is 19.0 Å². The largest absolute Gasteiger partial charge is 0.476 e. The van der Waals surface area contributed by atoms with Crippen LogP contribution in [0.4, 0.5) is 0 Å². The predicted molar refractivity (Wildman–Crippen MR) is 62.4 cm³/mol. The topological polar surface area (TPSA) is 70.5 Å². The molecule has 0 N–H and O–H groups in total. The van der Waals surface area contributed by atoms with E-state index in [4.69, 9.17) is 9.47 Å². The van der Waals surface area contributed by atoms with Crippen LogP contribution < -0.4 is 4.74 Å². The van der Waals surface area contributed by atoms with Crippen molar-refractivity contribution in [2.75, 3.05) is 26.9 Å². The van der Waals surface area contributed by atoms with E-state index in [2.05, 4.69) is 14.7 Å². The monoisotopic (exact) mass is 252 g/mol. The fraction of sp³-hybridized carbons (Fsp3) is 0.583. The summed E-state index contributed by atoms with van der Waals surface area (Å²) in [4.78, 5) is 19.2. The SMILES string of the molecule is COC(=O)c1cncc(OCC2CCOCC2)n1. The molecule has 2 rings (SSSR count). The summed E-state index contributed by atoms with van der Waals surface area (Å²) in [5.41, 5.74) is 0.155. The maximum absolute atomic E-state index is 11.3. The fourth-order valence-corrected chi connectivity index (χ4v) is 1.74. The lowest BCUT2D eigenvalue weighted by molar-refractivity contribution is 0.0487. The maximum Gasteiger partial charge on any atom is 0.358 e. The van der Waals surface area contributed by atoms with Gasteiger partial charge in [0.1, 0.15) is 0 Å². The summed E-state index contributed by atoms with van der Waals surface area (Å²) in [6, 6.07) is 0. The molecule has 0 aliphatic carbocycles. The highest BCUT2D eigenvalue weighted by Crippen LogP contribution is 2.16. The van der Waals surface area contributed by atoms with Crippen molar-refractivity contribution in [2.45, 2.75) is 12.8 Å². The third-order valence-electron chi connectivity index (χ3n) is 2.81. The normalized spacial score (nSPS) is 16.3. The molecular weight excluding hydrogens is 236 g/mol. The summed E-state index contributed by atoms with van der Waals surface area (Å²) in [5, 5.41) is 0. The third kappa shape index (κ3) is 3.40. The van der Waals surface area contributed by atoms with Gasteiger partial charge in [-0.1, -0.05) is 0 Å². The molecule has 1 aromatic heterocycles. The van der Waals surface area contributed by atoms with E-state index >= 15 is 0 Å². The van der Waals surface area contributed by atoms with Gasteiger partial charge >= 0.3 is 5.97 Å². The highest BCUT2D eigenvalue weighted by Gasteiger charge is 2.15. The van der Waals surface area contributed by atoms with Crippen LogP contribution in [-0.2, 0) is 9.47 Å². The second-order valence-corrected chi connectivity index (χ2v) is 4.10. The van der Waals surface area contributed by atoms with Crippen LogP contribution in [0.2, 0.25) is 0 Å². The van der Waals surface area contributed by atoms with Gasteiger partial charge in [-0.05, 0) is 18.8 Å². The smallest absolute Gasteiger partial charge is 0.358 e. The lowest BCUT2D eigenvalue weighted by Crippen LogP contribution is -2.21. The highest BCUT2D eigenvalue weighted by molar-refractivity contribution is 5.86. The van der Waals surface area contributed by atoms with E-state index in [-0.39, 0.29) is 5.69 Å². The van der Waals surface area contributed by atoms with Gasteiger partial charge in [-0.2, -0.15) is 0 Å². The Morgan fingerprint density at radius 2 is 2.22 bits per heavy atom. The number of methoxy groups -OCH3 is 1. The summed E-state index contributed by atoms with van der Waals surface area (Å²) >= 11 is 0. The first kappa shape index (κ1) is 12.8. The van der Waals surface area contributed by atoms with Gasteiger partial charge < -0.3 is 14.2 Å². The van der Waals surface area contributed by atoms with Crippen molar-refractivity contribution >= 4 is 5.97 Å². The van der Waals surface area contributed by atoms with Gasteiger partial charge in [-0.25, -0.2) is 9.78 Å². The summed E-state index contributed by atoms with van der Waals surface area (Å²) in [6.07, 6.45) is 4.83. The quantitative estimate of drug-likeness (QED) is 0.746. The molecule has 1 aliphatic rings. The van der Waals surface area contributed by atoms with Gasteiger partial charge in [0.2, 0.25) is 5.88 Å². The van der Waals surface area contributed by atoms with Gasteiger partial charge in [0.15, 0.2) is 5.69 Å². The van der Waals surface area contributed by atoms with Gasteiger partial charge in [0.25, 0.3) is 0 Å². The molecule has 0 bridgehead atoms. The molecule has 0 radical (unpaired) electrons. The Morgan fingerprint density at radius 3 is 2.94 bits per heavy atom. The van der Waals surface area contributed by atoms with Crippen LogP contribution in [0, 0.1) is 5.92 Å². The first-order chi connectivity index (χ1) is 8.79. The predicted octanol–water partition coefficient (Wildman–Crippen LogP) is 1.07. The number of hydrogen-bond donors (Lipinski definition) is 0.